The maximum Gasteiger partial charge on any atom is 0.294 e. The Morgan fingerprint density at radius 2 is 2.25 bits per heavy atom. The molecule has 0 atom stereocenters. The van der Waals surface area contributed by atoms with Gasteiger partial charge < -0.3 is 9.42 Å². The number of hydrogen-bond acceptors (Lipinski definition) is 4. The number of amides is 1. The van der Waals surface area contributed by atoms with Gasteiger partial charge in [-0.25, -0.2) is 0 Å². The normalized spacial score (nSPS) is 9.92. The molecule has 0 saturated heterocycles. The van der Waals surface area contributed by atoms with Crippen molar-refractivity contribution in [3.05, 3.63) is 11.7 Å². The molecule has 1 heterocycles. The molecular formula is C7H11N3O2. The fourth-order valence-corrected chi connectivity index (χ4v) is 0.685. The van der Waals surface area contributed by atoms with E-state index in [0.717, 1.165) is 0 Å². The van der Waals surface area contributed by atoms with E-state index in [9.17, 15) is 4.79 Å². The third-order valence-electron chi connectivity index (χ3n) is 1.37. The Kier molecular flexibility index (Phi) is 2.42. The Balaban J connectivity index is 2.82. The van der Waals surface area contributed by atoms with Gasteiger partial charge >= 0.3 is 0 Å². The maximum atomic E-state index is 11.2. The zero-order valence-corrected chi connectivity index (χ0v) is 7.37. The van der Waals surface area contributed by atoms with Crippen molar-refractivity contribution in [3.8, 4) is 0 Å². The molecular weight excluding hydrogens is 158 g/mol. The van der Waals surface area contributed by atoms with E-state index in [0.29, 0.717) is 12.3 Å². The van der Waals surface area contributed by atoms with Crippen molar-refractivity contribution in [3.63, 3.8) is 0 Å². The van der Waals surface area contributed by atoms with Gasteiger partial charge in [-0.2, -0.15) is 4.98 Å². The molecule has 0 aliphatic rings. The molecule has 0 unspecified atom stereocenters. The van der Waals surface area contributed by atoms with E-state index >= 15 is 0 Å². The SMILES string of the molecule is CCc1nc(C(=O)N(C)C)no1. The van der Waals surface area contributed by atoms with Crippen LogP contribution >= 0.6 is 0 Å². The van der Waals surface area contributed by atoms with Crippen molar-refractivity contribution in [1.82, 2.24) is 15.0 Å². The highest BCUT2D eigenvalue weighted by atomic mass is 16.5. The Bertz CT molecular complexity index is 280. The van der Waals surface area contributed by atoms with Crippen LogP contribution in [0.1, 0.15) is 23.4 Å². The average Bonchev–Trinajstić information content (AvgIpc) is 2.50. The molecule has 0 N–H and O–H groups in total. The van der Waals surface area contributed by atoms with Crippen LogP contribution in [0.15, 0.2) is 4.52 Å². The molecule has 0 saturated carbocycles. The molecule has 12 heavy (non-hydrogen) atoms. The second-order valence-electron chi connectivity index (χ2n) is 2.56. The lowest BCUT2D eigenvalue weighted by atomic mass is 10.5. The first-order valence-corrected chi connectivity index (χ1v) is 3.69. The molecule has 0 fully saturated rings. The molecule has 0 aliphatic carbocycles. The van der Waals surface area contributed by atoms with Crippen molar-refractivity contribution in [2.75, 3.05) is 14.1 Å². The standard InChI is InChI=1S/C7H11N3O2/c1-4-5-8-6(9-12-5)7(11)10(2)3/h4H2,1-3H3. The van der Waals surface area contributed by atoms with E-state index in [4.69, 9.17) is 4.52 Å². The summed E-state index contributed by atoms with van der Waals surface area (Å²) >= 11 is 0. The molecule has 66 valence electrons. The third-order valence-corrected chi connectivity index (χ3v) is 1.37. The fourth-order valence-electron chi connectivity index (χ4n) is 0.685. The summed E-state index contributed by atoms with van der Waals surface area (Å²) in [6, 6.07) is 0. The largest absolute Gasteiger partial charge is 0.342 e. The van der Waals surface area contributed by atoms with Gasteiger partial charge in [-0.1, -0.05) is 12.1 Å². The Morgan fingerprint density at radius 1 is 1.58 bits per heavy atom. The van der Waals surface area contributed by atoms with Crippen LogP contribution in [-0.4, -0.2) is 35.0 Å². The summed E-state index contributed by atoms with van der Waals surface area (Å²) in [6.45, 7) is 1.89. The first kappa shape index (κ1) is 8.70. The topological polar surface area (TPSA) is 59.2 Å². The number of nitrogens with zero attached hydrogens (tertiary/aromatic N) is 3. The van der Waals surface area contributed by atoms with Crippen molar-refractivity contribution >= 4 is 5.91 Å². The van der Waals surface area contributed by atoms with Gasteiger partial charge in [-0.3, -0.25) is 4.79 Å². The quantitative estimate of drug-likeness (QED) is 0.640. The number of rotatable bonds is 2. The first-order chi connectivity index (χ1) is 5.65. The summed E-state index contributed by atoms with van der Waals surface area (Å²) in [5, 5.41) is 3.53. The zero-order chi connectivity index (χ0) is 9.14. The van der Waals surface area contributed by atoms with Gasteiger partial charge in [0.05, 0.1) is 0 Å². The summed E-state index contributed by atoms with van der Waals surface area (Å²) in [7, 11) is 3.29. The van der Waals surface area contributed by atoms with Gasteiger partial charge in [0.1, 0.15) is 0 Å². The second-order valence-corrected chi connectivity index (χ2v) is 2.56. The smallest absolute Gasteiger partial charge is 0.294 e. The van der Waals surface area contributed by atoms with Crippen LogP contribution < -0.4 is 0 Å². The minimum absolute atomic E-state index is 0.122. The molecule has 0 aliphatic heterocycles. The van der Waals surface area contributed by atoms with Crippen molar-refractivity contribution in [2.24, 2.45) is 0 Å². The zero-order valence-electron chi connectivity index (χ0n) is 7.37. The van der Waals surface area contributed by atoms with Crippen LogP contribution in [0.4, 0.5) is 0 Å². The van der Waals surface area contributed by atoms with Crippen LogP contribution in [-0.2, 0) is 6.42 Å². The van der Waals surface area contributed by atoms with Crippen LogP contribution in [0.5, 0.6) is 0 Å². The van der Waals surface area contributed by atoms with Crippen LogP contribution in [0.2, 0.25) is 0 Å². The van der Waals surface area contributed by atoms with Gasteiger partial charge in [0.2, 0.25) is 5.89 Å². The minimum Gasteiger partial charge on any atom is -0.342 e. The van der Waals surface area contributed by atoms with Crippen LogP contribution in [0.3, 0.4) is 0 Å². The van der Waals surface area contributed by atoms with E-state index in [-0.39, 0.29) is 11.7 Å². The van der Waals surface area contributed by atoms with Crippen molar-refractivity contribution in [1.29, 1.82) is 0 Å². The van der Waals surface area contributed by atoms with Gasteiger partial charge in [-0.05, 0) is 0 Å². The molecule has 1 rings (SSSR count). The minimum atomic E-state index is -0.238. The monoisotopic (exact) mass is 169 g/mol. The molecule has 0 bridgehead atoms. The first-order valence-electron chi connectivity index (χ1n) is 3.69. The fraction of sp³-hybridized carbons (Fsp3) is 0.571. The number of carbonyl (C=O) groups excluding carboxylic acids is 1. The highest BCUT2D eigenvalue weighted by Crippen LogP contribution is 1.99. The molecule has 1 aromatic rings. The Hall–Kier alpha value is -1.39. The molecule has 1 aromatic heterocycles. The average molecular weight is 169 g/mol. The van der Waals surface area contributed by atoms with Gasteiger partial charge in [-0.15, -0.1) is 0 Å². The summed E-state index contributed by atoms with van der Waals surface area (Å²) in [5.74, 6) is 0.371. The molecule has 5 heteroatoms. The van der Waals surface area contributed by atoms with Crippen molar-refractivity contribution < 1.29 is 9.32 Å². The predicted molar refractivity (Wildman–Crippen MR) is 41.7 cm³/mol. The summed E-state index contributed by atoms with van der Waals surface area (Å²) < 4.78 is 4.78. The summed E-state index contributed by atoms with van der Waals surface area (Å²) in [4.78, 5) is 16.5. The lowest BCUT2D eigenvalue weighted by molar-refractivity contribution is 0.0812. The highest BCUT2D eigenvalue weighted by molar-refractivity contribution is 5.89. The number of carbonyl (C=O) groups is 1. The van der Waals surface area contributed by atoms with E-state index < -0.39 is 0 Å². The summed E-state index contributed by atoms with van der Waals surface area (Å²) in [5.41, 5.74) is 0. The lowest BCUT2D eigenvalue weighted by Gasteiger charge is -2.04. The second kappa shape index (κ2) is 3.34. The van der Waals surface area contributed by atoms with Gasteiger partial charge in [0.15, 0.2) is 0 Å². The highest BCUT2D eigenvalue weighted by Gasteiger charge is 2.14. The van der Waals surface area contributed by atoms with E-state index in [1.165, 1.54) is 4.90 Å². The molecule has 0 spiro atoms. The van der Waals surface area contributed by atoms with E-state index in [1.54, 1.807) is 14.1 Å². The molecule has 0 radical (unpaired) electrons. The van der Waals surface area contributed by atoms with E-state index in [1.807, 2.05) is 6.92 Å². The van der Waals surface area contributed by atoms with Crippen LogP contribution in [0, 0.1) is 0 Å². The van der Waals surface area contributed by atoms with E-state index in [2.05, 4.69) is 10.1 Å². The van der Waals surface area contributed by atoms with Gasteiger partial charge in [0, 0.05) is 20.5 Å². The third kappa shape index (κ3) is 1.61. The predicted octanol–water partition coefficient (Wildman–Crippen LogP) is 0.334. The van der Waals surface area contributed by atoms with Crippen LogP contribution in [0.25, 0.3) is 0 Å². The lowest BCUT2D eigenvalue weighted by Crippen LogP contribution is -2.22. The Labute approximate surface area is 70.4 Å². The maximum absolute atomic E-state index is 11.2. The Morgan fingerprint density at radius 3 is 2.67 bits per heavy atom. The van der Waals surface area contributed by atoms with Crippen molar-refractivity contribution in [2.45, 2.75) is 13.3 Å². The number of hydrogen-bond donors (Lipinski definition) is 0. The molecule has 1 amide bonds. The number of aryl methyl sites for hydroxylation is 1. The summed E-state index contributed by atoms with van der Waals surface area (Å²) in [6.07, 6.45) is 0.647. The number of aromatic nitrogens is 2. The molecule has 0 aromatic carbocycles. The molecule has 5 nitrogen and oxygen atoms in total. The van der Waals surface area contributed by atoms with Gasteiger partial charge in [0.25, 0.3) is 11.7 Å².